The molecule has 1 unspecified atom stereocenters. The van der Waals surface area contributed by atoms with Crippen LogP contribution in [0.15, 0.2) is 12.4 Å². The van der Waals surface area contributed by atoms with Gasteiger partial charge in [-0.15, -0.1) is 0 Å². The number of hydrogen-bond donors (Lipinski definition) is 1. The summed E-state index contributed by atoms with van der Waals surface area (Å²) in [6, 6.07) is 0.961. The van der Waals surface area contributed by atoms with E-state index in [2.05, 4.69) is 41.1 Å². The van der Waals surface area contributed by atoms with Crippen LogP contribution in [0.5, 0.6) is 5.88 Å². The lowest BCUT2D eigenvalue weighted by Crippen LogP contribution is -2.40. The maximum atomic E-state index is 5.76. The normalized spacial score (nSPS) is 20.3. The highest BCUT2D eigenvalue weighted by molar-refractivity contribution is 5.07. The molecule has 1 aliphatic rings. The van der Waals surface area contributed by atoms with E-state index in [1.807, 2.05) is 0 Å². The molecule has 0 saturated carbocycles. The summed E-state index contributed by atoms with van der Waals surface area (Å²) in [5, 5.41) is 3.32. The molecule has 1 aromatic rings. The SMILES string of the molecule is CC(C)NCc1cnc(OCC2CCCCN2C)cn1. The Labute approximate surface area is 121 Å². The van der Waals surface area contributed by atoms with E-state index in [0.717, 1.165) is 12.2 Å². The first-order valence-corrected chi connectivity index (χ1v) is 7.52. The van der Waals surface area contributed by atoms with Crippen LogP contribution in [0, 0.1) is 0 Å². The third-order valence-electron chi connectivity index (χ3n) is 3.72. The average Bonchev–Trinajstić information content (AvgIpc) is 2.45. The Morgan fingerprint density at radius 1 is 1.35 bits per heavy atom. The molecule has 0 bridgehead atoms. The van der Waals surface area contributed by atoms with Crippen LogP contribution in [-0.4, -0.2) is 47.2 Å². The molecular weight excluding hydrogens is 252 g/mol. The van der Waals surface area contributed by atoms with Gasteiger partial charge in [-0.1, -0.05) is 20.3 Å². The lowest BCUT2D eigenvalue weighted by molar-refractivity contribution is 0.122. The fourth-order valence-electron chi connectivity index (χ4n) is 2.35. The molecule has 1 aromatic heterocycles. The minimum atomic E-state index is 0.453. The van der Waals surface area contributed by atoms with Gasteiger partial charge < -0.3 is 15.0 Å². The maximum Gasteiger partial charge on any atom is 0.232 e. The molecule has 1 fully saturated rings. The molecule has 1 N–H and O–H groups in total. The Morgan fingerprint density at radius 2 is 2.20 bits per heavy atom. The van der Waals surface area contributed by atoms with Crippen LogP contribution in [0.25, 0.3) is 0 Å². The second kappa shape index (κ2) is 7.55. The van der Waals surface area contributed by atoms with E-state index < -0.39 is 0 Å². The van der Waals surface area contributed by atoms with Crippen molar-refractivity contribution in [3.05, 3.63) is 18.1 Å². The van der Waals surface area contributed by atoms with Gasteiger partial charge in [-0.25, -0.2) is 4.98 Å². The predicted octanol–water partition coefficient (Wildman–Crippen LogP) is 1.84. The Kier molecular flexibility index (Phi) is 5.73. The maximum absolute atomic E-state index is 5.76. The molecule has 1 atom stereocenters. The van der Waals surface area contributed by atoms with Crippen molar-refractivity contribution in [2.24, 2.45) is 0 Å². The van der Waals surface area contributed by atoms with Crippen LogP contribution in [0.1, 0.15) is 38.8 Å². The number of likely N-dealkylation sites (tertiary alicyclic amines) is 1. The minimum Gasteiger partial charge on any atom is -0.475 e. The number of nitrogens with one attached hydrogen (secondary N) is 1. The first-order chi connectivity index (χ1) is 9.65. The largest absolute Gasteiger partial charge is 0.475 e. The number of piperidine rings is 1. The van der Waals surface area contributed by atoms with Gasteiger partial charge >= 0.3 is 0 Å². The number of aromatic nitrogens is 2. The van der Waals surface area contributed by atoms with E-state index in [9.17, 15) is 0 Å². The summed E-state index contributed by atoms with van der Waals surface area (Å²) in [5.74, 6) is 0.622. The van der Waals surface area contributed by atoms with E-state index in [1.54, 1.807) is 12.4 Å². The van der Waals surface area contributed by atoms with Crippen LogP contribution in [0.2, 0.25) is 0 Å². The predicted molar refractivity (Wildman–Crippen MR) is 79.8 cm³/mol. The molecular formula is C15H26N4O. The number of likely N-dealkylation sites (N-methyl/N-ethyl adjacent to an activating group) is 1. The van der Waals surface area contributed by atoms with Gasteiger partial charge in [-0.2, -0.15) is 0 Å². The van der Waals surface area contributed by atoms with Gasteiger partial charge in [-0.3, -0.25) is 4.98 Å². The summed E-state index contributed by atoms with van der Waals surface area (Å²) in [4.78, 5) is 11.1. The van der Waals surface area contributed by atoms with E-state index in [0.29, 0.717) is 24.6 Å². The van der Waals surface area contributed by atoms with Crippen LogP contribution < -0.4 is 10.1 Å². The van der Waals surface area contributed by atoms with Crippen molar-refractivity contribution in [3.63, 3.8) is 0 Å². The van der Waals surface area contributed by atoms with Crippen molar-refractivity contribution < 1.29 is 4.74 Å². The molecule has 1 saturated heterocycles. The highest BCUT2D eigenvalue weighted by Gasteiger charge is 2.19. The fourth-order valence-corrected chi connectivity index (χ4v) is 2.35. The Hall–Kier alpha value is -1.20. The third-order valence-corrected chi connectivity index (χ3v) is 3.72. The van der Waals surface area contributed by atoms with Crippen molar-refractivity contribution in [2.45, 2.75) is 51.7 Å². The standard InChI is InChI=1S/C15H26N4O/c1-12(2)16-8-13-9-18-15(10-17-13)20-11-14-6-4-5-7-19(14)3/h9-10,12,14,16H,4-8,11H2,1-3H3. The van der Waals surface area contributed by atoms with Crippen molar-refractivity contribution in [1.29, 1.82) is 0 Å². The van der Waals surface area contributed by atoms with Gasteiger partial charge in [-0.05, 0) is 26.4 Å². The monoisotopic (exact) mass is 278 g/mol. The molecule has 5 nitrogen and oxygen atoms in total. The van der Waals surface area contributed by atoms with Gasteiger partial charge in [0.25, 0.3) is 0 Å². The number of rotatable bonds is 6. The van der Waals surface area contributed by atoms with Crippen LogP contribution in [0.4, 0.5) is 0 Å². The Morgan fingerprint density at radius 3 is 2.85 bits per heavy atom. The minimum absolute atomic E-state index is 0.453. The summed E-state index contributed by atoms with van der Waals surface area (Å²) in [5.41, 5.74) is 0.945. The summed E-state index contributed by atoms with van der Waals surface area (Å²) in [6.07, 6.45) is 7.31. The zero-order chi connectivity index (χ0) is 14.4. The summed E-state index contributed by atoms with van der Waals surface area (Å²) in [6.45, 7) is 6.85. The molecule has 0 radical (unpaired) electrons. The van der Waals surface area contributed by atoms with Crippen molar-refractivity contribution in [3.8, 4) is 5.88 Å². The molecule has 2 rings (SSSR count). The summed E-state index contributed by atoms with van der Waals surface area (Å²) >= 11 is 0. The molecule has 0 aromatic carbocycles. The van der Waals surface area contributed by atoms with Gasteiger partial charge in [0, 0.05) is 18.6 Å². The molecule has 0 amide bonds. The number of ether oxygens (including phenoxy) is 1. The van der Waals surface area contributed by atoms with Crippen molar-refractivity contribution >= 4 is 0 Å². The summed E-state index contributed by atoms with van der Waals surface area (Å²) < 4.78 is 5.76. The highest BCUT2D eigenvalue weighted by Crippen LogP contribution is 2.16. The second-order valence-corrected chi connectivity index (χ2v) is 5.82. The topological polar surface area (TPSA) is 50.3 Å². The quantitative estimate of drug-likeness (QED) is 0.860. The van der Waals surface area contributed by atoms with Gasteiger partial charge in [0.1, 0.15) is 6.61 Å². The van der Waals surface area contributed by atoms with Crippen molar-refractivity contribution in [2.75, 3.05) is 20.2 Å². The van der Waals surface area contributed by atoms with E-state index in [1.165, 1.54) is 25.8 Å². The molecule has 0 aliphatic carbocycles. The number of hydrogen-bond acceptors (Lipinski definition) is 5. The Bertz CT molecular complexity index is 393. The lowest BCUT2D eigenvalue weighted by atomic mass is 10.0. The number of nitrogens with zero attached hydrogens (tertiary/aromatic N) is 3. The first kappa shape index (κ1) is 15.2. The van der Waals surface area contributed by atoms with Gasteiger partial charge in [0.05, 0.1) is 18.1 Å². The van der Waals surface area contributed by atoms with Crippen LogP contribution in [0.3, 0.4) is 0 Å². The highest BCUT2D eigenvalue weighted by atomic mass is 16.5. The van der Waals surface area contributed by atoms with Gasteiger partial charge in [0.15, 0.2) is 0 Å². The Balaban J connectivity index is 1.78. The summed E-state index contributed by atoms with van der Waals surface area (Å²) in [7, 11) is 2.17. The fraction of sp³-hybridized carbons (Fsp3) is 0.733. The van der Waals surface area contributed by atoms with Gasteiger partial charge in [0.2, 0.25) is 5.88 Å². The zero-order valence-corrected chi connectivity index (χ0v) is 12.8. The molecule has 2 heterocycles. The smallest absolute Gasteiger partial charge is 0.232 e. The molecule has 5 heteroatoms. The molecule has 1 aliphatic heterocycles. The average molecular weight is 278 g/mol. The zero-order valence-electron chi connectivity index (χ0n) is 12.8. The molecule has 0 spiro atoms. The van der Waals surface area contributed by atoms with Crippen molar-refractivity contribution in [1.82, 2.24) is 20.2 Å². The third kappa shape index (κ3) is 4.72. The van der Waals surface area contributed by atoms with Crippen LogP contribution >= 0.6 is 0 Å². The van der Waals surface area contributed by atoms with E-state index >= 15 is 0 Å². The first-order valence-electron chi connectivity index (χ1n) is 7.52. The van der Waals surface area contributed by atoms with Crippen LogP contribution in [-0.2, 0) is 6.54 Å². The molecule has 20 heavy (non-hydrogen) atoms. The van der Waals surface area contributed by atoms with E-state index in [-0.39, 0.29) is 0 Å². The van der Waals surface area contributed by atoms with E-state index in [4.69, 9.17) is 4.74 Å². The second-order valence-electron chi connectivity index (χ2n) is 5.82. The molecule has 112 valence electrons. The lowest BCUT2D eigenvalue weighted by Gasteiger charge is -2.31.